The number of hydrogen-bond acceptors (Lipinski definition) is 3. The molecule has 2 heterocycles. The zero-order valence-electron chi connectivity index (χ0n) is 10.7. The highest BCUT2D eigenvalue weighted by molar-refractivity contribution is 5.88. The maximum atomic E-state index is 12.1. The molecule has 0 aromatic heterocycles. The topological polar surface area (TPSA) is 61.4 Å². The quantitative estimate of drug-likeness (QED) is 0.712. The Morgan fingerprint density at radius 2 is 2.06 bits per heavy atom. The van der Waals surface area contributed by atoms with Crippen LogP contribution in [0.15, 0.2) is 0 Å². The second-order valence-corrected chi connectivity index (χ2v) is 5.35. The smallest absolute Gasteiger partial charge is 0.244 e. The van der Waals surface area contributed by atoms with E-state index in [0.29, 0.717) is 12.1 Å². The average molecular weight is 239 g/mol. The number of amides is 2. The summed E-state index contributed by atoms with van der Waals surface area (Å²) in [6, 6.07) is 0.397. The minimum absolute atomic E-state index is 0.0207. The van der Waals surface area contributed by atoms with Crippen molar-refractivity contribution >= 4 is 11.8 Å². The molecule has 0 radical (unpaired) electrons. The van der Waals surface area contributed by atoms with Crippen molar-refractivity contribution in [2.45, 2.75) is 44.3 Å². The van der Waals surface area contributed by atoms with E-state index in [1.165, 1.54) is 11.3 Å². The average Bonchev–Trinajstić information content (AvgIpc) is 2.89. The fourth-order valence-corrected chi connectivity index (χ4v) is 2.88. The van der Waals surface area contributed by atoms with Crippen LogP contribution in [0.1, 0.15) is 26.2 Å². The molecule has 0 spiro atoms. The molecular weight excluding hydrogens is 218 g/mol. The molecular formula is C12H21N3O2. The summed E-state index contributed by atoms with van der Waals surface area (Å²) in [5, 5.41) is 6.25. The Labute approximate surface area is 102 Å². The second-order valence-electron chi connectivity index (χ2n) is 5.35. The molecule has 2 aliphatic heterocycles. The SMILES string of the molecule is CC(NC(=O)C1CC2CCC1N2)C(=O)N(C)C. The molecule has 2 fully saturated rings. The highest BCUT2D eigenvalue weighted by Gasteiger charge is 2.43. The van der Waals surface area contributed by atoms with Crippen LogP contribution in [0, 0.1) is 5.92 Å². The van der Waals surface area contributed by atoms with E-state index in [-0.39, 0.29) is 17.7 Å². The van der Waals surface area contributed by atoms with Crippen LogP contribution in [0.25, 0.3) is 0 Å². The van der Waals surface area contributed by atoms with Gasteiger partial charge in [-0.2, -0.15) is 0 Å². The van der Waals surface area contributed by atoms with Crippen molar-refractivity contribution in [1.82, 2.24) is 15.5 Å². The lowest BCUT2D eigenvalue weighted by Crippen LogP contribution is -2.48. The van der Waals surface area contributed by atoms with Gasteiger partial charge in [0.05, 0.1) is 5.92 Å². The van der Waals surface area contributed by atoms with E-state index in [9.17, 15) is 9.59 Å². The van der Waals surface area contributed by atoms with Crippen molar-refractivity contribution in [2.24, 2.45) is 5.92 Å². The first-order valence-electron chi connectivity index (χ1n) is 6.26. The molecule has 2 aliphatic rings. The van der Waals surface area contributed by atoms with Crippen LogP contribution in [0.2, 0.25) is 0 Å². The molecule has 2 bridgehead atoms. The van der Waals surface area contributed by atoms with Crippen molar-refractivity contribution < 1.29 is 9.59 Å². The van der Waals surface area contributed by atoms with Crippen LogP contribution in [-0.2, 0) is 9.59 Å². The highest BCUT2D eigenvalue weighted by Crippen LogP contribution is 2.33. The Hall–Kier alpha value is -1.10. The van der Waals surface area contributed by atoms with Gasteiger partial charge in [0.1, 0.15) is 6.04 Å². The molecule has 17 heavy (non-hydrogen) atoms. The number of rotatable bonds is 3. The molecule has 5 heteroatoms. The zero-order chi connectivity index (χ0) is 12.6. The molecule has 0 aliphatic carbocycles. The Morgan fingerprint density at radius 3 is 2.53 bits per heavy atom. The van der Waals surface area contributed by atoms with Crippen molar-refractivity contribution in [3.05, 3.63) is 0 Å². The molecule has 2 N–H and O–H groups in total. The van der Waals surface area contributed by atoms with Gasteiger partial charge in [0.2, 0.25) is 11.8 Å². The molecule has 2 rings (SSSR count). The number of fused-ring (bicyclic) bond motifs is 2. The van der Waals surface area contributed by atoms with Gasteiger partial charge in [0.25, 0.3) is 0 Å². The van der Waals surface area contributed by atoms with E-state index in [0.717, 1.165) is 12.8 Å². The Kier molecular flexibility index (Phi) is 3.38. The van der Waals surface area contributed by atoms with Gasteiger partial charge in [0, 0.05) is 26.2 Å². The summed E-state index contributed by atoms with van der Waals surface area (Å²) in [6.45, 7) is 1.74. The van der Waals surface area contributed by atoms with Gasteiger partial charge in [-0.3, -0.25) is 9.59 Å². The van der Waals surface area contributed by atoms with Gasteiger partial charge in [-0.25, -0.2) is 0 Å². The van der Waals surface area contributed by atoms with Crippen LogP contribution in [0.4, 0.5) is 0 Å². The van der Waals surface area contributed by atoms with Gasteiger partial charge in [-0.1, -0.05) is 0 Å². The highest BCUT2D eigenvalue weighted by atomic mass is 16.2. The van der Waals surface area contributed by atoms with E-state index in [1.807, 2.05) is 0 Å². The Balaban J connectivity index is 1.87. The molecule has 0 aromatic carbocycles. The third-order valence-electron chi connectivity index (χ3n) is 3.81. The van der Waals surface area contributed by atoms with Crippen molar-refractivity contribution in [1.29, 1.82) is 0 Å². The minimum atomic E-state index is -0.434. The monoisotopic (exact) mass is 239 g/mol. The zero-order valence-corrected chi connectivity index (χ0v) is 10.7. The summed E-state index contributed by atoms with van der Waals surface area (Å²) in [6.07, 6.45) is 3.18. The van der Waals surface area contributed by atoms with Gasteiger partial charge >= 0.3 is 0 Å². The van der Waals surface area contributed by atoms with Crippen LogP contribution in [-0.4, -0.2) is 48.9 Å². The lowest BCUT2D eigenvalue weighted by atomic mass is 9.88. The van der Waals surface area contributed by atoms with Crippen molar-refractivity contribution in [3.63, 3.8) is 0 Å². The van der Waals surface area contributed by atoms with Crippen LogP contribution in [0.5, 0.6) is 0 Å². The molecule has 0 saturated carbocycles. The number of hydrogen-bond donors (Lipinski definition) is 2. The predicted molar refractivity (Wildman–Crippen MR) is 64.4 cm³/mol. The predicted octanol–water partition coefficient (Wildman–Crippen LogP) is -0.280. The van der Waals surface area contributed by atoms with Crippen LogP contribution < -0.4 is 10.6 Å². The second kappa shape index (κ2) is 4.64. The van der Waals surface area contributed by atoms with E-state index in [2.05, 4.69) is 10.6 Å². The first-order chi connectivity index (χ1) is 7.99. The fraction of sp³-hybridized carbons (Fsp3) is 0.833. The van der Waals surface area contributed by atoms with Gasteiger partial charge in [-0.15, -0.1) is 0 Å². The van der Waals surface area contributed by atoms with Crippen molar-refractivity contribution in [3.8, 4) is 0 Å². The first-order valence-corrected chi connectivity index (χ1v) is 6.26. The number of carbonyl (C=O) groups is 2. The summed E-state index contributed by atoms with van der Waals surface area (Å²) < 4.78 is 0. The fourth-order valence-electron chi connectivity index (χ4n) is 2.88. The van der Waals surface area contributed by atoms with E-state index < -0.39 is 6.04 Å². The number of carbonyl (C=O) groups excluding carboxylic acids is 2. The van der Waals surface area contributed by atoms with Crippen LogP contribution in [0.3, 0.4) is 0 Å². The first kappa shape index (κ1) is 12.4. The summed E-state index contributed by atoms with van der Waals surface area (Å²) in [4.78, 5) is 25.2. The molecule has 0 aromatic rings. The molecule has 2 amide bonds. The summed E-state index contributed by atoms with van der Waals surface area (Å²) in [5.74, 6) is 0.00743. The number of nitrogens with one attached hydrogen (secondary N) is 2. The molecule has 2 saturated heterocycles. The summed E-state index contributed by atoms with van der Waals surface area (Å²) in [7, 11) is 3.40. The van der Waals surface area contributed by atoms with Crippen LogP contribution >= 0.6 is 0 Å². The lowest BCUT2D eigenvalue weighted by molar-refractivity contribution is -0.135. The van der Waals surface area contributed by atoms with E-state index >= 15 is 0 Å². The van der Waals surface area contributed by atoms with Gasteiger partial charge < -0.3 is 15.5 Å². The van der Waals surface area contributed by atoms with E-state index in [4.69, 9.17) is 0 Å². The van der Waals surface area contributed by atoms with E-state index in [1.54, 1.807) is 21.0 Å². The maximum absolute atomic E-state index is 12.1. The maximum Gasteiger partial charge on any atom is 0.244 e. The normalized spacial score (nSPS) is 32.3. The Bertz CT molecular complexity index is 330. The minimum Gasteiger partial charge on any atom is -0.347 e. The molecule has 4 unspecified atom stereocenters. The largest absolute Gasteiger partial charge is 0.347 e. The van der Waals surface area contributed by atoms with Gasteiger partial charge in [-0.05, 0) is 26.2 Å². The molecule has 96 valence electrons. The third kappa shape index (κ3) is 2.44. The molecule has 5 nitrogen and oxygen atoms in total. The number of likely N-dealkylation sites (N-methyl/N-ethyl adjacent to an activating group) is 1. The standard InChI is InChI=1S/C12H21N3O2/c1-7(12(17)15(2)3)13-11(16)9-6-8-4-5-10(9)14-8/h7-10,14H,4-6H2,1-3H3,(H,13,16). The Morgan fingerprint density at radius 1 is 1.35 bits per heavy atom. The summed E-state index contributed by atoms with van der Waals surface area (Å²) >= 11 is 0. The third-order valence-corrected chi connectivity index (χ3v) is 3.81. The summed E-state index contributed by atoms with van der Waals surface area (Å²) in [5.41, 5.74) is 0. The van der Waals surface area contributed by atoms with Gasteiger partial charge in [0.15, 0.2) is 0 Å². The number of nitrogens with zero attached hydrogens (tertiary/aromatic N) is 1. The van der Waals surface area contributed by atoms with Crippen molar-refractivity contribution in [2.75, 3.05) is 14.1 Å². The lowest BCUT2D eigenvalue weighted by Gasteiger charge is -2.23. The molecule has 4 atom stereocenters.